The van der Waals surface area contributed by atoms with Crippen LogP contribution in [-0.4, -0.2) is 9.97 Å². The third-order valence-electron chi connectivity index (χ3n) is 4.08. The Kier molecular flexibility index (Phi) is 3.34. The maximum atomic E-state index is 4.57. The molecule has 0 aliphatic carbocycles. The van der Waals surface area contributed by atoms with Crippen molar-refractivity contribution < 1.29 is 0 Å². The molecule has 0 radical (unpaired) electrons. The average molecular weight is 315 g/mol. The highest BCUT2D eigenvalue weighted by atomic mass is 15.3. The summed E-state index contributed by atoms with van der Waals surface area (Å²) in [5, 5.41) is 8.72. The Morgan fingerprint density at radius 2 is 1.25 bits per heavy atom. The van der Waals surface area contributed by atoms with Gasteiger partial charge in [-0.3, -0.25) is 4.90 Å². The summed E-state index contributed by atoms with van der Waals surface area (Å²) < 4.78 is 0. The molecular formula is C19H17N5. The number of aryl methyl sites for hydroxylation is 3. The summed E-state index contributed by atoms with van der Waals surface area (Å²) in [7, 11) is 0. The molecule has 4 rings (SSSR count). The van der Waals surface area contributed by atoms with E-state index in [1.807, 2.05) is 24.3 Å². The number of rotatable bonds is 1. The minimum absolute atomic E-state index is 0.731. The van der Waals surface area contributed by atoms with Crippen LogP contribution in [0.4, 0.5) is 28.7 Å². The summed E-state index contributed by atoms with van der Waals surface area (Å²) in [4.78, 5) is 11.2. The van der Waals surface area contributed by atoms with E-state index in [1.54, 1.807) is 12.4 Å². The Labute approximate surface area is 140 Å². The standard InChI is InChI=1S/C19H17N5/c1-12-10-13(2)17(14(3)11-12)24-18-15(6-4-8-20-18)22-23-16-7-5-9-21-19(16)24/h4-11H,1-3H3. The minimum Gasteiger partial charge on any atom is -0.275 e. The number of pyridine rings is 2. The lowest BCUT2D eigenvalue weighted by atomic mass is 10.0. The molecule has 0 fully saturated rings. The van der Waals surface area contributed by atoms with Crippen LogP contribution < -0.4 is 4.90 Å². The van der Waals surface area contributed by atoms with Crippen LogP contribution in [0, 0.1) is 20.8 Å². The summed E-state index contributed by atoms with van der Waals surface area (Å²) in [5.41, 5.74) is 6.11. The van der Waals surface area contributed by atoms with Crippen LogP contribution in [0.15, 0.2) is 59.0 Å². The fraction of sp³-hybridized carbons (Fsp3) is 0.158. The normalized spacial score (nSPS) is 12.5. The van der Waals surface area contributed by atoms with E-state index in [4.69, 9.17) is 0 Å². The number of benzene rings is 1. The van der Waals surface area contributed by atoms with Gasteiger partial charge in [0.2, 0.25) is 0 Å². The van der Waals surface area contributed by atoms with Gasteiger partial charge in [-0.15, -0.1) is 10.2 Å². The smallest absolute Gasteiger partial charge is 0.166 e. The van der Waals surface area contributed by atoms with Gasteiger partial charge in [-0.2, -0.15) is 0 Å². The number of hydrogen-bond acceptors (Lipinski definition) is 5. The number of hydrogen-bond donors (Lipinski definition) is 0. The SMILES string of the molecule is Cc1cc(C)c(N2c3ncccc3N=Nc3cccnc32)c(C)c1. The van der Waals surface area contributed by atoms with E-state index in [0.717, 1.165) is 28.7 Å². The number of fused-ring (bicyclic) bond motifs is 2. The van der Waals surface area contributed by atoms with Crippen molar-refractivity contribution in [2.45, 2.75) is 20.8 Å². The second-order valence-electron chi connectivity index (χ2n) is 5.98. The van der Waals surface area contributed by atoms with E-state index < -0.39 is 0 Å². The maximum Gasteiger partial charge on any atom is 0.166 e. The van der Waals surface area contributed by atoms with E-state index in [1.165, 1.54) is 16.7 Å². The Bertz CT molecular complexity index is 889. The fourth-order valence-corrected chi connectivity index (χ4v) is 3.22. The van der Waals surface area contributed by atoms with Crippen molar-refractivity contribution in [2.24, 2.45) is 10.2 Å². The summed E-state index contributed by atoms with van der Waals surface area (Å²) in [6, 6.07) is 11.9. The van der Waals surface area contributed by atoms with Gasteiger partial charge in [-0.05, 0) is 56.2 Å². The van der Waals surface area contributed by atoms with Crippen molar-refractivity contribution in [2.75, 3.05) is 4.90 Å². The van der Waals surface area contributed by atoms with Gasteiger partial charge in [0.05, 0.1) is 5.69 Å². The molecule has 0 unspecified atom stereocenters. The van der Waals surface area contributed by atoms with Gasteiger partial charge in [0, 0.05) is 12.4 Å². The molecule has 1 aliphatic rings. The van der Waals surface area contributed by atoms with Crippen LogP contribution in [-0.2, 0) is 0 Å². The molecular weight excluding hydrogens is 298 g/mol. The van der Waals surface area contributed by atoms with Crippen molar-refractivity contribution in [3.8, 4) is 0 Å². The van der Waals surface area contributed by atoms with Gasteiger partial charge in [-0.25, -0.2) is 9.97 Å². The monoisotopic (exact) mass is 315 g/mol. The van der Waals surface area contributed by atoms with Gasteiger partial charge >= 0.3 is 0 Å². The lowest BCUT2D eigenvalue weighted by Gasteiger charge is -2.27. The summed E-state index contributed by atoms with van der Waals surface area (Å²) in [5.74, 6) is 1.49. The summed E-state index contributed by atoms with van der Waals surface area (Å²) >= 11 is 0. The minimum atomic E-state index is 0.731. The molecule has 0 spiro atoms. The predicted molar refractivity (Wildman–Crippen MR) is 95.1 cm³/mol. The molecule has 1 aromatic carbocycles. The Hall–Kier alpha value is -3.08. The molecule has 2 aromatic heterocycles. The molecule has 0 atom stereocenters. The molecule has 24 heavy (non-hydrogen) atoms. The summed E-state index contributed by atoms with van der Waals surface area (Å²) in [6.45, 7) is 6.33. The molecule has 0 amide bonds. The first-order valence-corrected chi connectivity index (χ1v) is 7.85. The quantitative estimate of drug-likeness (QED) is 0.459. The van der Waals surface area contributed by atoms with E-state index in [0.29, 0.717) is 0 Å². The highest BCUT2D eigenvalue weighted by molar-refractivity contribution is 5.87. The van der Waals surface area contributed by atoms with Gasteiger partial charge in [0.25, 0.3) is 0 Å². The lowest BCUT2D eigenvalue weighted by Crippen LogP contribution is -2.15. The Balaban J connectivity index is 2.07. The van der Waals surface area contributed by atoms with Crippen LogP contribution in [0.3, 0.4) is 0 Å². The van der Waals surface area contributed by atoms with Gasteiger partial charge in [-0.1, -0.05) is 17.7 Å². The maximum absolute atomic E-state index is 4.57. The topological polar surface area (TPSA) is 53.7 Å². The zero-order chi connectivity index (χ0) is 16.7. The van der Waals surface area contributed by atoms with E-state index >= 15 is 0 Å². The molecule has 0 saturated heterocycles. The van der Waals surface area contributed by atoms with Gasteiger partial charge in [0.1, 0.15) is 11.4 Å². The van der Waals surface area contributed by atoms with Crippen molar-refractivity contribution in [1.29, 1.82) is 0 Å². The van der Waals surface area contributed by atoms with Crippen molar-refractivity contribution >= 4 is 28.7 Å². The van der Waals surface area contributed by atoms with Crippen LogP contribution in [0.2, 0.25) is 0 Å². The first kappa shape index (κ1) is 14.5. The average Bonchev–Trinajstić information content (AvgIpc) is 2.72. The second-order valence-corrected chi connectivity index (χ2v) is 5.98. The summed E-state index contributed by atoms with van der Waals surface area (Å²) in [6.07, 6.45) is 3.54. The number of aromatic nitrogens is 2. The van der Waals surface area contributed by atoms with Crippen LogP contribution in [0.25, 0.3) is 0 Å². The molecule has 0 bridgehead atoms. The molecule has 1 aliphatic heterocycles. The second kappa shape index (κ2) is 5.53. The van der Waals surface area contributed by atoms with Crippen molar-refractivity contribution in [3.63, 3.8) is 0 Å². The molecule has 0 N–H and O–H groups in total. The van der Waals surface area contributed by atoms with E-state index in [9.17, 15) is 0 Å². The van der Waals surface area contributed by atoms with Crippen LogP contribution in [0.5, 0.6) is 0 Å². The molecule has 3 aromatic rings. The third-order valence-corrected chi connectivity index (χ3v) is 4.08. The molecule has 5 nitrogen and oxygen atoms in total. The Morgan fingerprint density at radius 1 is 0.750 bits per heavy atom. The van der Waals surface area contributed by atoms with Crippen molar-refractivity contribution in [1.82, 2.24) is 9.97 Å². The number of azo groups is 1. The highest BCUT2D eigenvalue weighted by Gasteiger charge is 2.26. The largest absolute Gasteiger partial charge is 0.275 e. The van der Waals surface area contributed by atoms with Crippen LogP contribution in [0.1, 0.15) is 16.7 Å². The Morgan fingerprint density at radius 3 is 1.75 bits per heavy atom. The van der Waals surface area contributed by atoms with Crippen molar-refractivity contribution in [3.05, 3.63) is 65.5 Å². The number of nitrogens with zero attached hydrogens (tertiary/aromatic N) is 5. The molecule has 5 heteroatoms. The highest BCUT2D eigenvalue weighted by Crippen LogP contribution is 2.46. The zero-order valence-electron chi connectivity index (χ0n) is 13.9. The number of anilines is 3. The zero-order valence-corrected chi connectivity index (χ0v) is 13.9. The molecule has 3 heterocycles. The van der Waals surface area contributed by atoms with E-state index in [2.05, 4.69) is 58.0 Å². The van der Waals surface area contributed by atoms with Gasteiger partial charge < -0.3 is 0 Å². The van der Waals surface area contributed by atoms with Gasteiger partial charge in [0.15, 0.2) is 11.6 Å². The lowest BCUT2D eigenvalue weighted by molar-refractivity contribution is 1.11. The molecule has 0 saturated carbocycles. The fourth-order valence-electron chi connectivity index (χ4n) is 3.22. The molecule has 118 valence electrons. The van der Waals surface area contributed by atoms with E-state index in [-0.39, 0.29) is 0 Å². The predicted octanol–water partition coefficient (Wildman–Crippen LogP) is 5.60. The first-order chi connectivity index (χ1) is 11.6. The van der Waals surface area contributed by atoms with Crippen LogP contribution >= 0.6 is 0 Å². The first-order valence-electron chi connectivity index (χ1n) is 7.85. The third kappa shape index (κ3) is 2.25.